The molecule has 0 aromatic heterocycles. The second-order valence-corrected chi connectivity index (χ2v) is 10.8. The van der Waals surface area contributed by atoms with Gasteiger partial charge in [0.2, 0.25) is 5.91 Å². The molecule has 1 heterocycles. The Hall–Kier alpha value is -3.41. The fourth-order valence-electron chi connectivity index (χ4n) is 4.06. The fourth-order valence-corrected chi connectivity index (χ4v) is 4.56. The van der Waals surface area contributed by atoms with Crippen LogP contribution in [0.25, 0.3) is 0 Å². The SMILES string of the molecule is C#CCC(NC(=O)OC(C)(C)C)C(=O)Nc1ccc(C2CCN(C(=O)Nc3c(Cl)cccc3Cl)CC2)cc1. The average molecular weight is 559 g/mol. The van der Waals surface area contributed by atoms with E-state index in [1.807, 2.05) is 24.3 Å². The molecular formula is C28H32Cl2N4O4. The molecule has 2 aromatic carbocycles. The molecule has 1 fully saturated rings. The van der Waals surface area contributed by atoms with Gasteiger partial charge in [-0.15, -0.1) is 12.3 Å². The van der Waals surface area contributed by atoms with Crippen molar-refractivity contribution >= 4 is 52.6 Å². The molecule has 1 aliphatic rings. The highest BCUT2D eigenvalue weighted by Gasteiger charge is 2.26. The molecule has 38 heavy (non-hydrogen) atoms. The van der Waals surface area contributed by atoms with Crippen molar-refractivity contribution in [3.63, 3.8) is 0 Å². The first-order valence-corrected chi connectivity index (χ1v) is 13.1. The summed E-state index contributed by atoms with van der Waals surface area (Å²) in [4.78, 5) is 39.3. The van der Waals surface area contributed by atoms with E-state index in [-0.39, 0.29) is 18.4 Å². The largest absolute Gasteiger partial charge is 0.444 e. The molecule has 202 valence electrons. The normalized spacial score (nSPS) is 14.7. The zero-order valence-corrected chi connectivity index (χ0v) is 23.2. The molecule has 3 rings (SSSR count). The standard InChI is InChI=1S/C28H32Cl2N4O4/c1-5-7-23(32-27(37)38-28(2,3)4)25(35)31-20-12-10-18(11-13-20)19-14-16-34(17-15-19)26(36)33-24-21(29)8-6-9-22(24)30/h1,6,8-13,19,23H,7,14-17H2,2-4H3,(H,31,35)(H,32,37)(H,33,36). The quantitative estimate of drug-likeness (QED) is 0.364. The summed E-state index contributed by atoms with van der Waals surface area (Å²) in [6.07, 6.45) is 6.28. The number of carbonyl (C=O) groups excluding carboxylic acids is 3. The number of anilines is 2. The molecule has 10 heteroatoms. The van der Waals surface area contributed by atoms with E-state index in [0.717, 1.165) is 18.4 Å². The highest BCUT2D eigenvalue weighted by molar-refractivity contribution is 6.39. The van der Waals surface area contributed by atoms with Gasteiger partial charge in [-0.1, -0.05) is 41.4 Å². The third kappa shape index (κ3) is 8.30. The Morgan fingerprint density at radius 2 is 1.66 bits per heavy atom. The van der Waals surface area contributed by atoms with Crippen molar-refractivity contribution in [2.24, 2.45) is 0 Å². The van der Waals surface area contributed by atoms with Gasteiger partial charge in [-0.3, -0.25) is 4.79 Å². The van der Waals surface area contributed by atoms with E-state index < -0.39 is 23.6 Å². The van der Waals surface area contributed by atoms with E-state index in [9.17, 15) is 14.4 Å². The van der Waals surface area contributed by atoms with Crippen molar-refractivity contribution in [1.82, 2.24) is 10.2 Å². The van der Waals surface area contributed by atoms with E-state index in [4.69, 9.17) is 34.4 Å². The second kappa shape index (κ2) is 12.9. The number of nitrogens with zero attached hydrogens (tertiary/aromatic N) is 1. The summed E-state index contributed by atoms with van der Waals surface area (Å²) in [5.41, 5.74) is 1.41. The Morgan fingerprint density at radius 3 is 2.21 bits per heavy atom. The van der Waals surface area contributed by atoms with E-state index in [1.165, 1.54) is 0 Å². The van der Waals surface area contributed by atoms with Gasteiger partial charge in [-0.2, -0.15) is 0 Å². The third-order valence-electron chi connectivity index (χ3n) is 5.96. The average Bonchev–Trinajstić information content (AvgIpc) is 2.85. The van der Waals surface area contributed by atoms with Crippen molar-refractivity contribution in [2.75, 3.05) is 23.7 Å². The van der Waals surface area contributed by atoms with Gasteiger partial charge in [0, 0.05) is 25.2 Å². The number of urea groups is 1. The summed E-state index contributed by atoms with van der Waals surface area (Å²) in [6, 6.07) is 11.4. The number of hydrogen-bond donors (Lipinski definition) is 3. The summed E-state index contributed by atoms with van der Waals surface area (Å²) in [6.45, 7) is 6.38. The van der Waals surface area contributed by atoms with Crippen LogP contribution in [-0.4, -0.2) is 47.7 Å². The molecule has 4 amide bonds. The van der Waals surface area contributed by atoms with Crippen LogP contribution in [0.4, 0.5) is 21.0 Å². The van der Waals surface area contributed by atoms with Gasteiger partial charge in [0.25, 0.3) is 0 Å². The van der Waals surface area contributed by atoms with Crippen LogP contribution >= 0.6 is 23.2 Å². The number of piperidine rings is 1. The maximum atomic E-state index is 12.7. The molecule has 0 aliphatic carbocycles. The van der Waals surface area contributed by atoms with Gasteiger partial charge in [0.15, 0.2) is 0 Å². The fraction of sp³-hybridized carbons (Fsp3) is 0.393. The Bertz CT molecular complexity index is 1180. The van der Waals surface area contributed by atoms with Crippen molar-refractivity contribution in [2.45, 2.75) is 57.6 Å². The van der Waals surface area contributed by atoms with Gasteiger partial charge < -0.3 is 25.6 Å². The van der Waals surface area contributed by atoms with Gasteiger partial charge in [0.1, 0.15) is 11.6 Å². The molecule has 1 unspecified atom stereocenters. The molecule has 0 spiro atoms. The number of rotatable bonds is 6. The Kier molecular flexibility index (Phi) is 9.90. The third-order valence-corrected chi connectivity index (χ3v) is 6.59. The van der Waals surface area contributed by atoms with Crippen molar-refractivity contribution in [1.29, 1.82) is 0 Å². The molecule has 0 saturated carbocycles. The van der Waals surface area contributed by atoms with Crippen LogP contribution in [-0.2, 0) is 9.53 Å². The summed E-state index contributed by atoms with van der Waals surface area (Å²) in [7, 11) is 0. The molecule has 0 bridgehead atoms. The molecule has 8 nitrogen and oxygen atoms in total. The number of amides is 4. The van der Waals surface area contributed by atoms with Crippen LogP contribution in [0.15, 0.2) is 42.5 Å². The number of alkyl carbamates (subject to hydrolysis) is 1. The van der Waals surface area contributed by atoms with Gasteiger partial charge in [-0.05, 0) is 69.4 Å². The number of hydrogen-bond acceptors (Lipinski definition) is 4. The molecule has 1 aliphatic heterocycles. The molecule has 1 saturated heterocycles. The zero-order chi connectivity index (χ0) is 27.9. The second-order valence-electron chi connectivity index (χ2n) is 10.0. The lowest BCUT2D eigenvalue weighted by Gasteiger charge is -2.32. The van der Waals surface area contributed by atoms with Crippen molar-refractivity contribution in [3.8, 4) is 12.3 Å². The first-order chi connectivity index (χ1) is 18.0. The number of halogens is 2. The first kappa shape index (κ1) is 29.2. The number of carbonyl (C=O) groups is 3. The van der Waals surface area contributed by atoms with Crippen LogP contribution in [0.3, 0.4) is 0 Å². The minimum absolute atomic E-state index is 0.0258. The molecule has 0 radical (unpaired) electrons. The lowest BCUT2D eigenvalue weighted by Crippen LogP contribution is -2.45. The Labute approximate surface area is 233 Å². The molecule has 3 N–H and O–H groups in total. The zero-order valence-electron chi connectivity index (χ0n) is 21.6. The van der Waals surface area contributed by atoms with Gasteiger partial charge in [0.05, 0.1) is 15.7 Å². The molecular weight excluding hydrogens is 527 g/mol. The minimum atomic E-state index is -0.925. The highest BCUT2D eigenvalue weighted by atomic mass is 35.5. The van der Waals surface area contributed by atoms with E-state index in [0.29, 0.717) is 34.5 Å². The smallest absolute Gasteiger partial charge is 0.408 e. The molecule has 1 atom stereocenters. The van der Waals surface area contributed by atoms with Crippen LogP contribution < -0.4 is 16.0 Å². The van der Waals surface area contributed by atoms with Crippen molar-refractivity contribution < 1.29 is 19.1 Å². The monoisotopic (exact) mass is 558 g/mol. The number of nitrogens with one attached hydrogen (secondary N) is 3. The van der Waals surface area contributed by atoms with Crippen LogP contribution in [0, 0.1) is 12.3 Å². The number of ether oxygens (including phenoxy) is 1. The number of para-hydroxylation sites is 1. The Balaban J connectivity index is 1.53. The maximum Gasteiger partial charge on any atom is 0.408 e. The minimum Gasteiger partial charge on any atom is -0.444 e. The van der Waals surface area contributed by atoms with Crippen molar-refractivity contribution in [3.05, 3.63) is 58.1 Å². The maximum absolute atomic E-state index is 12.7. The summed E-state index contributed by atoms with van der Waals surface area (Å²) in [5.74, 6) is 2.25. The number of benzene rings is 2. The first-order valence-electron chi connectivity index (χ1n) is 12.3. The summed E-state index contributed by atoms with van der Waals surface area (Å²) >= 11 is 12.3. The Morgan fingerprint density at radius 1 is 1.05 bits per heavy atom. The van der Waals surface area contributed by atoms with E-state index in [2.05, 4.69) is 21.9 Å². The van der Waals surface area contributed by atoms with Gasteiger partial charge in [-0.25, -0.2) is 9.59 Å². The predicted octanol–water partition coefficient (Wildman–Crippen LogP) is 6.26. The number of terminal acetylenes is 1. The van der Waals surface area contributed by atoms with E-state index in [1.54, 1.807) is 43.9 Å². The van der Waals surface area contributed by atoms with Crippen LogP contribution in [0.2, 0.25) is 10.0 Å². The number of likely N-dealkylation sites (tertiary alicyclic amines) is 1. The highest BCUT2D eigenvalue weighted by Crippen LogP contribution is 2.32. The summed E-state index contributed by atoms with van der Waals surface area (Å²) in [5, 5.41) is 8.90. The van der Waals surface area contributed by atoms with Crippen LogP contribution in [0.1, 0.15) is 51.5 Å². The topological polar surface area (TPSA) is 99.8 Å². The summed E-state index contributed by atoms with van der Waals surface area (Å²) < 4.78 is 5.22. The van der Waals surface area contributed by atoms with Crippen LogP contribution in [0.5, 0.6) is 0 Å². The predicted molar refractivity (Wildman–Crippen MR) is 151 cm³/mol. The van der Waals surface area contributed by atoms with E-state index >= 15 is 0 Å². The lowest BCUT2D eigenvalue weighted by molar-refractivity contribution is -0.118. The lowest BCUT2D eigenvalue weighted by atomic mass is 9.89. The van der Waals surface area contributed by atoms with Gasteiger partial charge >= 0.3 is 12.1 Å². The molecule has 2 aromatic rings.